The van der Waals surface area contributed by atoms with E-state index >= 15 is 0 Å². The van der Waals surface area contributed by atoms with Gasteiger partial charge >= 0.3 is 0 Å². The Morgan fingerprint density at radius 3 is 2.10 bits per heavy atom. The first-order valence-corrected chi connectivity index (χ1v) is 11.0. The molecule has 0 saturated heterocycles. The Hall–Kier alpha value is -1.55. The van der Waals surface area contributed by atoms with E-state index in [2.05, 4.69) is 37.2 Å². The molecule has 1 N–H and O–H groups in total. The zero-order chi connectivity index (χ0) is 15.6. The summed E-state index contributed by atoms with van der Waals surface area (Å²) in [5.74, 6) is 3.11. The highest BCUT2D eigenvalue weighted by molar-refractivity contribution is 6.83. The van der Waals surface area contributed by atoms with Crippen molar-refractivity contribution in [1.82, 2.24) is 0 Å². The predicted molar refractivity (Wildman–Crippen MR) is 88.3 cm³/mol. The predicted octanol–water partition coefficient (Wildman–Crippen LogP) is 3.63. The first-order valence-electron chi connectivity index (χ1n) is 7.52. The van der Waals surface area contributed by atoms with Gasteiger partial charge in [0.25, 0.3) is 0 Å². The molecule has 3 heteroatoms. The van der Waals surface area contributed by atoms with Crippen molar-refractivity contribution in [3.8, 4) is 17.5 Å². The summed E-state index contributed by atoms with van der Waals surface area (Å²) < 4.78 is 0. The Morgan fingerprint density at radius 2 is 1.62 bits per heavy atom. The van der Waals surface area contributed by atoms with Gasteiger partial charge in [-0.25, -0.2) is 0 Å². The van der Waals surface area contributed by atoms with Gasteiger partial charge in [-0.2, -0.15) is 5.26 Å². The first kappa shape index (κ1) is 15.8. The molecule has 1 aliphatic rings. The molecule has 0 amide bonds. The van der Waals surface area contributed by atoms with E-state index in [1.807, 2.05) is 30.3 Å². The molecule has 0 heterocycles. The molecule has 0 radical (unpaired) electrons. The van der Waals surface area contributed by atoms with Gasteiger partial charge in [0.15, 0.2) is 0 Å². The molecule has 0 spiro atoms. The lowest BCUT2D eigenvalue weighted by Gasteiger charge is -2.38. The second-order valence-electron chi connectivity index (χ2n) is 7.09. The standard InChI is InChI=1S/C18H23NOSi/c1-21(2,3)14-13-18(20)11-9-17(15-19,10-12-18)16-7-5-4-6-8-16/h4-8,20H,9-12H2,1-3H3/t17-,18-. The number of hydrogen-bond acceptors (Lipinski definition) is 2. The third-order valence-electron chi connectivity index (χ3n) is 4.14. The van der Waals surface area contributed by atoms with Gasteiger partial charge in [0.05, 0.1) is 11.5 Å². The fourth-order valence-electron chi connectivity index (χ4n) is 2.74. The van der Waals surface area contributed by atoms with Crippen molar-refractivity contribution in [2.24, 2.45) is 0 Å². The molecule has 1 saturated carbocycles. The lowest BCUT2D eigenvalue weighted by Crippen LogP contribution is -2.40. The topological polar surface area (TPSA) is 44.0 Å². The highest BCUT2D eigenvalue weighted by Crippen LogP contribution is 2.42. The highest BCUT2D eigenvalue weighted by atomic mass is 28.3. The molecule has 2 nitrogen and oxygen atoms in total. The van der Waals surface area contributed by atoms with Crippen LogP contribution in [-0.2, 0) is 5.41 Å². The lowest BCUT2D eigenvalue weighted by atomic mass is 9.66. The van der Waals surface area contributed by atoms with Crippen LogP contribution in [0, 0.1) is 22.8 Å². The molecule has 1 aromatic rings. The van der Waals surface area contributed by atoms with Gasteiger partial charge in [-0.3, -0.25) is 0 Å². The van der Waals surface area contributed by atoms with Gasteiger partial charge in [-0.05, 0) is 31.2 Å². The second kappa shape index (κ2) is 5.68. The van der Waals surface area contributed by atoms with E-state index in [1.54, 1.807) is 0 Å². The van der Waals surface area contributed by atoms with Crippen LogP contribution in [0.1, 0.15) is 31.2 Å². The molecule has 1 aliphatic carbocycles. The van der Waals surface area contributed by atoms with E-state index in [0.29, 0.717) is 25.7 Å². The van der Waals surface area contributed by atoms with Gasteiger partial charge in [-0.1, -0.05) is 55.9 Å². The largest absolute Gasteiger partial charge is 0.378 e. The molecule has 0 aliphatic heterocycles. The maximum Gasteiger partial charge on any atom is 0.129 e. The molecular weight excluding hydrogens is 274 g/mol. The monoisotopic (exact) mass is 297 g/mol. The van der Waals surface area contributed by atoms with Crippen molar-refractivity contribution >= 4 is 8.07 Å². The minimum absolute atomic E-state index is 0.464. The smallest absolute Gasteiger partial charge is 0.129 e. The van der Waals surface area contributed by atoms with Crippen LogP contribution in [0.2, 0.25) is 19.6 Å². The van der Waals surface area contributed by atoms with Crippen molar-refractivity contribution in [2.45, 2.75) is 56.3 Å². The minimum atomic E-state index is -1.48. The van der Waals surface area contributed by atoms with E-state index in [4.69, 9.17) is 0 Å². The summed E-state index contributed by atoms with van der Waals surface area (Å²) in [6.07, 6.45) is 2.49. The van der Waals surface area contributed by atoms with Crippen LogP contribution in [0.5, 0.6) is 0 Å². The molecule has 0 aromatic heterocycles. The van der Waals surface area contributed by atoms with Crippen LogP contribution in [0.25, 0.3) is 0 Å². The third-order valence-corrected chi connectivity index (χ3v) is 5.02. The molecule has 1 fully saturated rings. The van der Waals surface area contributed by atoms with E-state index in [1.165, 1.54) is 0 Å². The van der Waals surface area contributed by atoms with Gasteiger partial charge in [0.1, 0.15) is 13.7 Å². The summed E-state index contributed by atoms with van der Waals surface area (Å²) in [7, 11) is -1.48. The van der Waals surface area contributed by atoms with E-state index < -0.39 is 19.1 Å². The van der Waals surface area contributed by atoms with Crippen LogP contribution in [0.3, 0.4) is 0 Å². The number of benzene rings is 1. The number of rotatable bonds is 1. The molecule has 0 unspecified atom stereocenters. The fraction of sp³-hybridized carbons (Fsp3) is 0.500. The Bertz CT molecular complexity index is 590. The third kappa shape index (κ3) is 3.76. The zero-order valence-corrected chi connectivity index (χ0v) is 14.1. The van der Waals surface area contributed by atoms with E-state index in [9.17, 15) is 10.4 Å². The average Bonchev–Trinajstić information content (AvgIpc) is 2.47. The molecule has 21 heavy (non-hydrogen) atoms. The van der Waals surface area contributed by atoms with Crippen molar-refractivity contribution in [2.75, 3.05) is 0 Å². The summed E-state index contributed by atoms with van der Waals surface area (Å²) in [4.78, 5) is 0. The van der Waals surface area contributed by atoms with E-state index in [0.717, 1.165) is 5.56 Å². The lowest BCUT2D eigenvalue weighted by molar-refractivity contribution is 0.0449. The molecule has 0 bridgehead atoms. The summed E-state index contributed by atoms with van der Waals surface area (Å²) >= 11 is 0. The first-order chi connectivity index (χ1) is 9.79. The van der Waals surface area contributed by atoms with Gasteiger partial charge in [0.2, 0.25) is 0 Å². The van der Waals surface area contributed by atoms with Crippen molar-refractivity contribution in [3.63, 3.8) is 0 Å². The molecule has 0 atom stereocenters. The molecular formula is C18H23NOSi. The quantitative estimate of drug-likeness (QED) is 0.635. The van der Waals surface area contributed by atoms with Crippen molar-refractivity contribution < 1.29 is 5.11 Å². The van der Waals surface area contributed by atoms with Gasteiger partial charge < -0.3 is 5.11 Å². The fourth-order valence-corrected chi connectivity index (χ4v) is 3.35. The Kier molecular flexibility index (Phi) is 4.28. The van der Waals surface area contributed by atoms with Crippen LogP contribution in [0.4, 0.5) is 0 Å². The number of nitrogens with zero attached hydrogens (tertiary/aromatic N) is 1. The Labute approximate surface area is 128 Å². The van der Waals surface area contributed by atoms with Crippen molar-refractivity contribution in [1.29, 1.82) is 5.26 Å². The Morgan fingerprint density at radius 1 is 1.05 bits per heavy atom. The summed E-state index contributed by atoms with van der Waals surface area (Å²) in [5.41, 5.74) is 2.96. The highest BCUT2D eigenvalue weighted by Gasteiger charge is 2.42. The van der Waals surface area contributed by atoms with Crippen LogP contribution in [0.15, 0.2) is 30.3 Å². The Balaban J connectivity index is 2.18. The van der Waals surface area contributed by atoms with Gasteiger partial charge in [0, 0.05) is 0 Å². The normalized spacial score (nSPS) is 29.1. The minimum Gasteiger partial charge on any atom is -0.378 e. The summed E-state index contributed by atoms with van der Waals surface area (Å²) in [6.45, 7) is 6.53. The maximum atomic E-state index is 10.6. The van der Waals surface area contributed by atoms with Crippen molar-refractivity contribution in [3.05, 3.63) is 35.9 Å². The van der Waals surface area contributed by atoms with Crippen LogP contribution >= 0.6 is 0 Å². The van der Waals surface area contributed by atoms with E-state index in [-0.39, 0.29) is 0 Å². The molecule has 2 rings (SSSR count). The summed E-state index contributed by atoms with van der Waals surface area (Å²) in [6, 6.07) is 12.4. The van der Waals surface area contributed by atoms with Gasteiger partial charge in [-0.15, -0.1) is 5.54 Å². The maximum absolute atomic E-state index is 10.6. The number of nitriles is 1. The zero-order valence-electron chi connectivity index (χ0n) is 13.1. The van der Waals surface area contributed by atoms with Crippen LogP contribution in [-0.4, -0.2) is 18.8 Å². The molecule has 110 valence electrons. The SMILES string of the molecule is C[Si](C)(C)C#C[C@]1(O)CC[C@](C#N)(c2ccccc2)CC1. The summed E-state index contributed by atoms with van der Waals surface area (Å²) in [5, 5.41) is 20.3. The second-order valence-corrected chi connectivity index (χ2v) is 11.8. The number of hydrogen-bond donors (Lipinski definition) is 1. The number of aliphatic hydroxyl groups is 1. The molecule has 1 aromatic carbocycles. The van der Waals surface area contributed by atoms with Crippen LogP contribution < -0.4 is 0 Å². The average molecular weight is 297 g/mol.